The average molecular weight is 164 g/mol. The molecule has 5 heteroatoms. The van der Waals surface area contributed by atoms with Gasteiger partial charge >= 0.3 is 0 Å². The summed E-state index contributed by atoms with van der Waals surface area (Å²) in [5.41, 5.74) is 1.07. The minimum absolute atomic E-state index is 0.207. The van der Waals surface area contributed by atoms with Crippen LogP contribution >= 0.6 is 0 Å². The maximum Gasteiger partial charge on any atom is 0.293 e. The van der Waals surface area contributed by atoms with Crippen LogP contribution in [0.2, 0.25) is 0 Å². The van der Waals surface area contributed by atoms with E-state index in [0.717, 1.165) is 11.5 Å². The highest BCUT2D eigenvalue weighted by atomic mass is 16.1. The van der Waals surface area contributed by atoms with Gasteiger partial charge in [-0.1, -0.05) is 0 Å². The second-order valence-electron chi connectivity index (χ2n) is 2.67. The van der Waals surface area contributed by atoms with Crippen LogP contribution in [-0.2, 0) is 0 Å². The molecule has 12 heavy (non-hydrogen) atoms. The highest BCUT2D eigenvalue weighted by Gasteiger charge is 2.05. The molecule has 0 radical (unpaired) electrons. The third-order valence-electron chi connectivity index (χ3n) is 1.79. The predicted octanol–water partition coefficient (Wildman–Crippen LogP) is 0.0344. The number of hydrogen-bond donors (Lipinski definition) is 1. The highest BCUT2D eigenvalue weighted by Crippen LogP contribution is 2.00. The third-order valence-corrected chi connectivity index (χ3v) is 1.79. The first-order valence-electron chi connectivity index (χ1n) is 3.60. The summed E-state index contributed by atoms with van der Waals surface area (Å²) < 4.78 is 1.72. The number of aromatic amines is 1. The number of nitrogens with one attached hydrogen (secondary N) is 1. The van der Waals surface area contributed by atoms with Gasteiger partial charge in [0.15, 0.2) is 0 Å². The van der Waals surface area contributed by atoms with E-state index in [1.165, 1.54) is 0 Å². The third kappa shape index (κ3) is 0.761. The Labute approximate surface area is 68.1 Å². The number of hydrogen-bond acceptors (Lipinski definition) is 3. The van der Waals surface area contributed by atoms with E-state index in [0.29, 0.717) is 5.65 Å². The summed E-state index contributed by atoms with van der Waals surface area (Å²) in [6.07, 6.45) is 1.64. The quantitative estimate of drug-likeness (QED) is 0.597. The number of aryl methyl sites for hydroxylation is 2. The van der Waals surface area contributed by atoms with E-state index in [1.54, 1.807) is 10.6 Å². The monoisotopic (exact) mass is 164 g/mol. The molecule has 2 aromatic rings. The van der Waals surface area contributed by atoms with E-state index in [9.17, 15) is 4.79 Å². The lowest BCUT2D eigenvalue weighted by atomic mass is 10.5. The maximum absolute atomic E-state index is 11.2. The molecule has 0 aromatic carbocycles. The number of fused-ring (bicyclic) bond motifs is 1. The number of aromatic nitrogens is 4. The lowest BCUT2D eigenvalue weighted by Crippen LogP contribution is -2.11. The van der Waals surface area contributed by atoms with Gasteiger partial charge < -0.3 is 4.98 Å². The molecule has 0 aliphatic carbocycles. The fourth-order valence-corrected chi connectivity index (χ4v) is 1.23. The van der Waals surface area contributed by atoms with E-state index in [2.05, 4.69) is 15.2 Å². The first-order chi connectivity index (χ1) is 5.70. The minimum Gasteiger partial charge on any atom is -0.324 e. The van der Waals surface area contributed by atoms with Crippen LogP contribution in [0.15, 0.2) is 11.0 Å². The Morgan fingerprint density at radius 1 is 1.42 bits per heavy atom. The largest absolute Gasteiger partial charge is 0.324 e. The van der Waals surface area contributed by atoms with Gasteiger partial charge in [-0.15, -0.1) is 10.2 Å². The van der Waals surface area contributed by atoms with Gasteiger partial charge in [0.2, 0.25) is 5.65 Å². The van der Waals surface area contributed by atoms with E-state index >= 15 is 0 Å². The second kappa shape index (κ2) is 2.17. The molecule has 0 amide bonds. The molecule has 5 nitrogen and oxygen atoms in total. The molecule has 0 saturated heterocycles. The van der Waals surface area contributed by atoms with Crippen molar-refractivity contribution in [3.63, 3.8) is 0 Å². The van der Waals surface area contributed by atoms with Crippen molar-refractivity contribution in [2.75, 3.05) is 0 Å². The van der Waals surface area contributed by atoms with Crippen LogP contribution in [0.1, 0.15) is 11.5 Å². The van der Waals surface area contributed by atoms with E-state index in [1.807, 2.05) is 13.8 Å². The molecule has 0 bridgehead atoms. The standard InChI is InChI=1S/C7H8N4O/c1-4-3-8-7(12)6-10-9-5(2)11(4)6/h3H,1-2H3,(H,8,12). The van der Waals surface area contributed by atoms with Gasteiger partial charge in [-0.05, 0) is 13.8 Å². The molecule has 62 valence electrons. The van der Waals surface area contributed by atoms with Gasteiger partial charge in [0.05, 0.1) is 0 Å². The Morgan fingerprint density at radius 2 is 2.17 bits per heavy atom. The first kappa shape index (κ1) is 7.02. The Bertz CT molecular complexity index is 482. The van der Waals surface area contributed by atoms with Gasteiger partial charge in [0.1, 0.15) is 5.82 Å². The van der Waals surface area contributed by atoms with Crippen LogP contribution in [0.3, 0.4) is 0 Å². The number of nitrogens with zero attached hydrogens (tertiary/aromatic N) is 3. The summed E-state index contributed by atoms with van der Waals surface area (Å²) in [5.74, 6) is 0.730. The van der Waals surface area contributed by atoms with Gasteiger partial charge in [-0.2, -0.15) is 0 Å². The fourth-order valence-electron chi connectivity index (χ4n) is 1.23. The summed E-state index contributed by atoms with van der Waals surface area (Å²) in [6.45, 7) is 3.70. The van der Waals surface area contributed by atoms with Crippen molar-refractivity contribution in [1.82, 2.24) is 19.6 Å². The smallest absolute Gasteiger partial charge is 0.293 e. The summed E-state index contributed by atoms with van der Waals surface area (Å²) in [7, 11) is 0. The van der Waals surface area contributed by atoms with E-state index in [4.69, 9.17) is 0 Å². The molecule has 0 saturated carbocycles. The topological polar surface area (TPSA) is 63.0 Å². The van der Waals surface area contributed by atoms with Gasteiger partial charge in [-0.25, -0.2) is 0 Å². The van der Waals surface area contributed by atoms with Crippen molar-refractivity contribution < 1.29 is 0 Å². The summed E-state index contributed by atoms with van der Waals surface area (Å²) in [6, 6.07) is 0. The fraction of sp³-hybridized carbons (Fsp3) is 0.286. The normalized spacial score (nSPS) is 10.8. The van der Waals surface area contributed by atoms with Crippen LogP contribution in [-0.4, -0.2) is 19.6 Å². The Balaban J connectivity index is 3.09. The Hall–Kier alpha value is -1.65. The average Bonchev–Trinajstić information content (AvgIpc) is 2.42. The minimum atomic E-state index is -0.207. The van der Waals surface area contributed by atoms with Crippen molar-refractivity contribution >= 4 is 5.65 Å². The predicted molar refractivity (Wildman–Crippen MR) is 43.1 cm³/mol. The summed E-state index contributed by atoms with van der Waals surface area (Å²) >= 11 is 0. The molecule has 2 heterocycles. The van der Waals surface area contributed by atoms with Crippen LogP contribution in [0, 0.1) is 13.8 Å². The second-order valence-corrected chi connectivity index (χ2v) is 2.67. The molecule has 0 aliphatic rings. The van der Waals surface area contributed by atoms with Gasteiger partial charge in [0.25, 0.3) is 5.56 Å². The van der Waals surface area contributed by atoms with Crippen LogP contribution in [0.25, 0.3) is 5.65 Å². The Kier molecular flexibility index (Phi) is 1.27. The molecule has 0 aliphatic heterocycles. The lowest BCUT2D eigenvalue weighted by Gasteiger charge is -1.97. The van der Waals surface area contributed by atoms with Gasteiger partial charge in [-0.3, -0.25) is 9.20 Å². The van der Waals surface area contributed by atoms with Crippen molar-refractivity contribution in [2.45, 2.75) is 13.8 Å². The Morgan fingerprint density at radius 3 is 2.83 bits per heavy atom. The number of H-pyrrole nitrogens is 1. The highest BCUT2D eigenvalue weighted by molar-refractivity contribution is 5.35. The zero-order valence-corrected chi connectivity index (χ0v) is 6.83. The molecule has 2 rings (SSSR count). The summed E-state index contributed by atoms with van der Waals surface area (Å²) in [4.78, 5) is 13.7. The van der Waals surface area contributed by atoms with E-state index in [-0.39, 0.29) is 5.56 Å². The van der Waals surface area contributed by atoms with E-state index < -0.39 is 0 Å². The zero-order valence-electron chi connectivity index (χ0n) is 6.83. The molecule has 0 atom stereocenters. The molecular formula is C7H8N4O. The van der Waals surface area contributed by atoms with Crippen molar-refractivity contribution in [3.05, 3.63) is 28.1 Å². The van der Waals surface area contributed by atoms with Crippen molar-refractivity contribution in [1.29, 1.82) is 0 Å². The summed E-state index contributed by atoms with van der Waals surface area (Å²) in [5, 5.41) is 7.56. The molecule has 0 spiro atoms. The van der Waals surface area contributed by atoms with Crippen LogP contribution in [0.4, 0.5) is 0 Å². The van der Waals surface area contributed by atoms with Crippen LogP contribution in [0.5, 0.6) is 0 Å². The van der Waals surface area contributed by atoms with Gasteiger partial charge in [0, 0.05) is 11.9 Å². The molecule has 0 unspecified atom stereocenters. The maximum atomic E-state index is 11.2. The van der Waals surface area contributed by atoms with Crippen LogP contribution < -0.4 is 5.56 Å². The zero-order chi connectivity index (χ0) is 8.72. The molecular weight excluding hydrogens is 156 g/mol. The molecule has 2 aromatic heterocycles. The first-order valence-corrected chi connectivity index (χ1v) is 3.60. The van der Waals surface area contributed by atoms with Crippen molar-refractivity contribution in [2.24, 2.45) is 0 Å². The number of rotatable bonds is 0. The molecule has 0 fully saturated rings. The lowest BCUT2D eigenvalue weighted by molar-refractivity contribution is 0.959. The molecule has 1 N–H and O–H groups in total. The SMILES string of the molecule is Cc1c[nH]c(=O)c2nnc(C)n12. The van der Waals surface area contributed by atoms with Crippen molar-refractivity contribution in [3.8, 4) is 0 Å².